The van der Waals surface area contributed by atoms with E-state index >= 15 is 0 Å². The molecule has 3 rings (SSSR count). The lowest BCUT2D eigenvalue weighted by molar-refractivity contribution is -0.121. The fourth-order valence-corrected chi connectivity index (χ4v) is 3.23. The van der Waals surface area contributed by atoms with Gasteiger partial charge in [-0.3, -0.25) is 14.5 Å². The van der Waals surface area contributed by atoms with Crippen molar-refractivity contribution in [1.29, 1.82) is 0 Å². The summed E-state index contributed by atoms with van der Waals surface area (Å²) >= 11 is 0. The highest BCUT2D eigenvalue weighted by Gasteiger charge is 2.30. The summed E-state index contributed by atoms with van der Waals surface area (Å²) < 4.78 is 29.3. The van der Waals surface area contributed by atoms with E-state index in [0.717, 1.165) is 4.90 Å². The van der Waals surface area contributed by atoms with Gasteiger partial charge in [-0.05, 0) is 36.4 Å². The first kappa shape index (κ1) is 15.2. The average Bonchev–Trinajstić information content (AvgIpc) is 2.88. The molecule has 0 unspecified atom stereocenters. The van der Waals surface area contributed by atoms with Gasteiger partial charge in [-0.15, -0.1) is 0 Å². The number of carbonyl (C=O) groups excluding carboxylic acids is 2. The van der Waals surface area contributed by atoms with E-state index in [-0.39, 0.29) is 35.3 Å². The van der Waals surface area contributed by atoms with Crippen LogP contribution in [0.3, 0.4) is 0 Å². The number of amides is 2. The van der Waals surface area contributed by atoms with Gasteiger partial charge >= 0.3 is 10.1 Å². The molecule has 0 bridgehead atoms. The Morgan fingerprint density at radius 1 is 0.826 bits per heavy atom. The van der Waals surface area contributed by atoms with Gasteiger partial charge in [-0.1, -0.05) is 18.2 Å². The van der Waals surface area contributed by atoms with Crippen LogP contribution in [0.25, 0.3) is 0 Å². The van der Waals surface area contributed by atoms with Gasteiger partial charge in [0.1, 0.15) is 10.6 Å². The maximum atomic E-state index is 12.1. The summed E-state index contributed by atoms with van der Waals surface area (Å²) in [6, 6.07) is 13.6. The summed E-state index contributed by atoms with van der Waals surface area (Å²) in [6.07, 6.45) is 0.388. The molecule has 0 aliphatic carbocycles. The molecule has 0 saturated carbocycles. The second-order valence-corrected chi connectivity index (χ2v) is 6.51. The fraction of sp³-hybridized carbons (Fsp3) is 0.125. The van der Waals surface area contributed by atoms with E-state index in [1.54, 1.807) is 18.2 Å². The van der Waals surface area contributed by atoms with Gasteiger partial charge in [0.15, 0.2) is 0 Å². The lowest BCUT2D eigenvalue weighted by Crippen LogP contribution is -2.28. The number of carbonyl (C=O) groups is 2. The minimum Gasteiger partial charge on any atom is -0.379 e. The van der Waals surface area contributed by atoms with Gasteiger partial charge in [0.2, 0.25) is 11.8 Å². The highest BCUT2D eigenvalue weighted by Crippen LogP contribution is 2.26. The predicted octanol–water partition coefficient (Wildman–Crippen LogP) is 2.11. The third-order valence-electron chi connectivity index (χ3n) is 3.38. The van der Waals surface area contributed by atoms with Gasteiger partial charge < -0.3 is 4.18 Å². The van der Waals surface area contributed by atoms with Crippen LogP contribution in [0.4, 0.5) is 5.69 Å². The Kier molecular flexibility index (Phi) is 3.87. The number of imide groups is 1. The Bertz CT molecular complexity index is 828. The summed E-state index contributed by atoms with van der Waals surface area (Å²) in [7, 11) is -3.91. The summed E-state index contributed by atoms with van der Waals surface area (Å²) in [4.78, 5) is 24.5. The zero-order valence-corrected chi connectivity index (χ0v) is 12.8. The third-order valence-corrected chi connectivity index (χ3v) is 4.65. The van der Waals surface area contributed by atoms with Crippen LogP contribution in [0, 0.1) is 0 Å². The van der Waals surface area contributed by atoms with Crippen molar-refractivity contribution in [1.82, 2.24) is 0 Å². The first-order valence-corrected chi connectivity index (χ1v) is 8.33. The fourth-order valence-electron chi connectivity index (χ4n) is 2.28. The normalized spacial score (nSPS) is 15.0. The molecule has 1 aliphatic heterocycles. The second kappa shape index (κ2) is 5.85. The first-order chi connectivity index (χ1) is 11.0. The summed E-state index contributed by atoms with van der Waals surface area (Å²) in [5, 5.41) is 0. The van der Waals surface area contributed by atoms with Crippen LogP contribution < -0.4 is 9.08 Å². The molecule has 1 heterocycles. The zero-order chi connectivity index (χ0) is 16.4. The van der Waals surface area contributed by atoms with Gasteiger partial charge in [0.05, 0.1) is 5.69 Å². The summed E-state index contributed by atoms with van der Waals surface area (Å²) in [6.45, 7) is 0. The molecule has 1 fully saturated rings. The standard InChI is InChI=1S/C16H13NO5S/c18-15-10-11-16(19)17(15)12-6-8-13(9-7-12)22-23(20,21)14-4-2-1-3-5-14/h1-9H,10-11H2. The number of anilines is 1. The number of hydrogen-bond donors (Lipinski definition) is 0. The minimum atomic E-state index is -3.91. The van der Waals surface area contributed by atoms with Crippen molar-refractivity contribution in [2.75, 3.05) is 4.90 Å². The Morgan fingerprint density at radius 3 is 1.96 bits per heavy atom. The van der Waals surface area contributed by atoms with Crippen molar-refractivity contribution >= 4 is 27.6 Å². The smallest absolute Gasteiger partial charge is 0.339 e. The lowest BCUT2D eigenvalue weighted by Gasteiger charge is -2.14. The van der Waals surface area contributed by atoms with Crippen molar-refractivity contribution < 1.29 is 22.2 Å². The number of benzene rings is 2. The number of hydrogen-bond acceptors (Lipinski definition) is 5. The Morgan fingerprint density at radius 2 is 1.39 bits per heavy atom. The number of nitrogens with zero attached hydrogens (tertiary/aromatic N) is 1. The van der Waals surface area contributed by atoms with Crippen LogP contribution >= 0.6 is 0 Å². The van der Waals surface area contributed by atoms with Crippen molar-refractivity contribution in [3.63, 3.8) is 0 Å². The van der Waals surface area contributed by atoms with E-state index in [9.17, 15) is 18.0 Å². The topological polar surface area (TPSA) is 80.8 Å². The minimum absolute atomic E-state index is 0.0500. The average molecular weight is 331 g/mol. The van der Waals surface area contributed by atoms with Gasteiger partial charge in [0.25, 0.3) is 0 Å². The molecule has 118 valence electrons. The van der Waals surface area contributed by atoms with E-state index in [1.807, 2.05) is 0 Å². The van der Waals surface area contributed by atoms with Crippen LogP contribution in [0.15, 0.2) is 59.5 Å². The molecular formula is C16H13NO5S. The molecule has 2 aromatic carbocycles. The van der Waals surface area contributed by atoms with Gasteiger partial charge in [0, 0.05) is 12.8 Å². The van der Waals surface area contributed by atoms with Crippen LogP contribution in [0.2, 0.25) is 0 Å². The number of rotatable bonds is 4. The largest absolute Gasteiger partial charge is 0.379 e. The van der Waals surface area contributed by atoms with Crippen LogP contribution in [0.5, 0.6) is 5.75 Å². The Balaban J connectivity index is 1.81. The lowest BCUT2D eigenvalue weighted by atomic mass is 10.3. The zero-order valence-electron chi connectivity index (χ0n) is 12.0. The Hall–Kier alpha value is -2.67. The van der Waals surface area contributed by atoms with E-state index < -0.39 is 10.1 Å². The maximum Gasteiger partial charge on any atom is 0.339 e. The molecule has 1 saturated heterocycles. The van der Waals surface area contributed by atoms with E-state index in [0.29, 0.717) is 5.69 Å². The van der Waals surface area contributed by atoms with Gasteiger partial charge in [-0.25, -0.2) is 0 Å². The maximum absolute atomic E-state index is 12.1. The van der Waals surface area contributed by atoms with Crippen molar-refractivity contribution in [2.24, 2.45) is 0 Å². The molecule has 2 amide bonds. The molecule has 0 N–H and O–H groups in total. The van der Waals surface area contributed by atoms with Crippen molar-refractivity contribution in [2.45, 2.75) is 17.7 Å². The Labute approximate surface area is 133 Å². The molecule has 23 heavy (non-hydrogen) atoms. The molecule has 2 aromatic rings. The molecule has 0 atom stereocenters. The molecule has 0 spiro atoms. The van der Waals surface area contributed by atoms with Crippen molar-refractivity contribution in [3.8, 4) is 5.75 Å². The summed E-state index contributed by atoms with van der Waals surface area (Å²) in [5.41, 5.74) is 0.405. The van der Waals surface area contributed by atoms with Crippen LogP contribution in [-0.4, -0.2) is 20.2 Å². The molecule has 0 aromatic heterocycles. The molecule has 1 aliphatic rings. The van der Waals surface area contributed by atoms with E-state index in [2.05, 4.69) is 0 Å². The SMILES string of the molecule is O=C1CCC(=O)N1c1ccc(OS(=O)(=O)c2ccccc2)cc1. The highest BCUT2D eigenvalue weighted by atomic mass is 32.2. The molecule has 6 nitrogen and oxygen atoms in total. The molecule has 7 heteroatoms. The van der Waals surface area contributed by atoms with E-state index in [4.69, 9.17) is 4.18 Å². The molecule has 0 radical (unpaired) electrons. The van der Waals surface area contributed by atoms with Crippen LogP contribution in [-0.2, 0) is 19.7 Å². The monoisotopic (exact) mass is 331 g/mol. The van der Waals surface area contributed by atoms with E-state index in [1.165, 1.54) is 36.4 Å². The van der Waals surface area contributed by atoms with Crippen molar-refractivity contribution in [3.05, 3.63) is 54.6 Å². The molecular weight excluding hydrogens is 318 g/mol. The second-order valence-electron chi connectivity index (χ2n) is 4.97. The summed E-state index contributed by atoms with van der Waals surface area (Å²) in [5.74, 6) is -0.419. The highest BCUT2D eigenvalue weighted by molar-refractivity contribution is 7.87. The third kappa shape index (κ3) is 3.09. The quantitative estimate of drug-likeness (QED) is 0.633. The van der Waals surface area contributed by atoms with Gasteiger partial charge in [-0.2, -0.15) is 8.42 Å². The first-order valence-electron chi connectivity index (χ1n) is 6.93. The van der Waals surface area contributed by atoms with Crippen LogP contribution in [0.1, 0.15) is 12.8 Å². The predicted molar refractivity (Wildman–Crippen MR) is 82.4 cm³/mol.